The number of anilines is 1. The Bertz CT molecular complexity index is 978. The lowest BCUT2D eigenvalue weighted by Crippen LogP contribution is -2.20. The van der Waals surface area contributed by atoms with Crippen LogP contribution in [0.25, 0.3) is 10.2 Å². The predicted molar refractivity (Wildman–Crippen MR) is 98.3 cm³/mol. The van der Waals surface area contributed by atoms with Gasteiger partial charge in [-0.05, 0) is 37.1 Å². The van der Waals surface area contributed by atoms with Gasteiger partial charge < -0.3 is 5.32 Å². The molecule has 3 aromatic rings. The van der Waals surface area contributed by atoms with E-state index in [0.717, 1.165) is 6.42 Å². The number of rotatable bonds is 4. The molecule has 0 spiro atoms. The summed E-state index contributed by atoms with van der Waals surface area (Å²) in [6.07, 6.45) is 2.39. The summed E-state index contributed by atoms with van der Waals surface area (Å²) < 4.78 is 1.58. The zero-order valence-corrected chi connectivity index (χ0v) is 14.9. The Hall–Kier alpha value is -2.18. The summed E-state index contributed by atoms with van der Waals surface area (Å²) in [5.41, 5.74) is 1.18. The van der Waals surface area contributed by atoms with E-state index < -0.39 is 0 Å². The van der Waals surface area contributed by atoms with Crippen molar-refractivity contribution in [1.29, 1.82) is 0 Å². The fourth-order valence-electron chi connectivity index (χ4n) is 2.53. The maximum atomic E-state index is 12.6. The minimum atomic E-state index is -0.265. The van der Waals surface area contributed by atoms with Crippen molar-refractivity contribution in [1.82, 2.24) is 9.55 Å². The summed E-state index contributed by atoms with van der Waals surface area (Å²) in [5.74, 6) is -0.265. The van der Waals surface area contributed by atoms with Gasteiger partial charge in [0.2, 0.25) is 0 Å². The Morgan fingerprint density at radius 2 is 2.21 bits per heavy atom. The Morgan fingerprint density at radius 1 is 1.42 bits per heavy atom. The molecular weight excluding hydrogens is 346 g/mol. The van der Waals surface area contributed by atoms with Crippen LogP contribution in [-0.2, 0) is 6.54 Å². The van der Waals surface area contributed by atoms with Crippen LogP contribution in [-0.4, -0.2) is 15.5 Å². The molecule has 3 rings (SSSR count). The second-order valence-electron chi connectivity index (χ2n) is 5.44. The molecule has 1 aromatic carbocycles. The molecule has 0 fully saturated rings. The van der Waals surface area contributed by atoms with Crippen molar-refractivity contribution in [3.8, 4) is 0 Å². The maximum Gasteiger partial charge on any atom is 0.266 e. The first-order valence-corrected chi connectivity index (χ1v) is 8.76. The second kappa shape index (κ2) is 6.75. The zero-order chi connectivity index (χ0) is 17.3. The van der Waals surface area contributed by atoms with Crippen LogP contribution in [0, 0.1) is 6.92 Å². The van der Waals surface area contributed by atoms with E-state index in [1.165, 1.54) is 11.3 Å². The van der Waals surface area contributed by atoms with Crippen LogP contribution in [0.2, 0.25) is 5.02 Å². The summed E-state index contributed by atoms with van der Waals surface area (Å²) in [4.78, 5) is 30.5. The van der Waals surface area contributed by atoms with Crippen LogP contribution in [0.1, 0.15) is 28.6 Å². The molecule has 1 N–H and O–H groups in total. The lowest BCUT2D eigenvalue weighted by molar-refractivity contribution is 0.103. The largest absolute Gasteiger partial charge is 0.321 e. The van der Waals surface area contributed by atoms with Gasteiger partial charge in [-0.15, -0.1) is 11.3 Å². The summed E-state index contributed by atoms with van der Waals surface area (Å²) in [5, 5.41) is 3.88. The van der Waals surface area contributed by atoms with Crippen molar-refractivity contribution in [3.05, 3.63) is 56.4 Å². The molecule has 0 aliphatic heterocycles. The summed E-state index contributed by atoms with van der Waals surface area (Å²) in [6, 6.07) is 6.94. The number of aromatic nitrogens is 2. The lowest BCUT2D eigenvalue weighted by Gasteiger charge is -2.04. The van der Waals surface area contributed by atoms with Gasteiger partial charge in [-0.25, -0.2) is 4.98 Å². The Labute approximate surface area is 147 Å². The van der Waals surface area contributed by atoms with E-state index >= 15 is 0 Å². The van der Waals surface area contributed by atoms with Crippen LogP contribution in [0.4, 0.5) is 5.69 Å². The first-order valence-electron chi connectivity index (χ1n) is 7.56. The van der Waals surface area contributed by atoms with Gasteiger partial charge in [-0.1, -0.05) is 24.6 Å². The Morgan fingerprint density at radius 3 is 2.92 bits per heavy atom. The number of benzene rings is 1. The number of aryl methyl sites for hydroxylation is 2. The first kappa shape index (κ1) is 16.7. The van der Waals surface area contributed by atoms with Gasteiger partial charge in [-0.3, -0.25) is 14.2 Å². The van der Waals surface area contributed by atoms with Gasteiger partial charge in [0, 0.05) is 17.3 Å². The van der Waals surface area contributed by atoms with E-state index in [0.29, 0.717) is 37.9 Å². The highest BCUT2D eigenvalue weighted by Crippen LogP contribution is 2.28. The van der Waals surface area contributed by atoms with Crippen molar-refractivity contribution in [2.45, 2.75) is 26.8 Å². The molecule has 0 aliphatic rings. The Balaban J connectivity index is 2.01. The quantitative estimate of drug-likeness (QED) is 0.761. The molecule has 0 saturated heterocycles. The molecule has 2 aromatic heterocycles. The topological polar surface area (TPSA) is 64.0 Å². The SMILES string of the molecule is CCCn1cnc2sc(C(=O)Nc3cccc(Cl)c3)c(C)c2c1=O. The molecule has 1 amide bonds. The van der Waals surface area contributed by atoms with E-state index in [9.17, 15) is 9.59 Å². The summed E-state index contributed by atoms with van der Waals surface area (Å²) >= 11 is 7.16. The molecule has 24 heavy (non-hydrogen) atoms. The van der Waals surface area contributed by atoms with Gasteiger partial charge >= 0.3 is 0 Å². The number of thiophene rings is 1. The highest BCUT2D eigenvalue weighted by Gasteiger charge is 2.19. The number of halogens is 1. The third-order valence-electron chi connectivity index (χ3n) is 3.67. The summed E-state index contributed by atoms with van der Waals surface area (Å²) in [6.45, 7) is 4.40. The molecule has 124 valence electrons. The molecule has 5 nitrogen and oxygen atoms in total. The first-order chi connectivity index (χ1) is 11.5. The fraction of sp³-hybridized carbons (Fsp3) is 0.235. The molecule has 0 radical (unpaired) electrons. The standard InChI is InChI=1S/C17H16ClN3O2S/c1-3-7-21-9-19-16-13(17(21)23)10(2)14(24-16)15(22)20-12-6-4-5-11(18)8-12/h4-6,8-9H,3,7H2,1-2H3,(H,20,22). The number of nitrogens with one attached hydrogen (secondary N) is 1. The number of hydrogen-bond donors (Lipinski definition) is 1. The number of carbonyl (C=O) groups is 1. The molecule has 0 unspecified atom stereocenters. The van der Waals surface area contributed by atoms with Crippen molar-refractivity contribution < 1.29 is 4.79 Å². The van der Waals surface area contributed by atoms with E-state index in [2.05, 4.69) is 10.3 Å². The van der Waals surface area contributed by atoms with E-state index in [1.807, 2.05) is 6.92 Å². The normalized spacial score (nSPS) is 11.0. The molecular formula is C17H16ClN3O2S. The minimum Gasteiger partial charge on any atom is -0.321 e. The van der Waals surface area contributed by atoms with Gasteiger partial charge in [0.25, 0.3) is 11.5 Å². The van der Waals surface area contributed by atoms with Crippen molar-refractivity contribution in [3.63, 3.8) is 0 Å². The molecule has 2 heterocycles. The lowest BCUT2D eigenvalue weighted by atomic mass is 10.2. The number of carbonyl (C=O) groups excluding carboxylic acids is 1. The van der Waals surface area contributed by atoms with Crippen LogP contribution in [0.3, 0.4) is 0 Å². The number of hydrogen-bond acceptors (Lipinski definition) is 4. The average Bonchev–Trinajstić information content (AvgIpc) is 2.88. The van der Waals surface area contributed by atoms with E-state index in [1.54, 1.807) is 42.1 Å². The third kappa shape index (κ3) is 3.07. The highest BCUT2D eigenvalue weighted by atomic mass is 35.5. The van der Waals surface area contributed by atoms with Crippen LogP contribution >= 0.6 is 22.9 Å². The third-order valence-corrected chi connectivity index (χ3v) is 5.10. The molecule has 0 bridgehead atoms. The maximum absolute atomic E-state index is 12.6. The van der Waals surface area contributed by atoms with Crippen molar-refractivity contribution >= 4 is 44.7 Å². The van der Waals surface area contributed by atoms with Gasteiger partial charge in [-0.2, -0.15) is 0 Å². The van der Waals surface area contributed by atoms with E-state index in [4.69, 9.17) is 11.6 Å². The van der Waals surface area contributed by atoms with Crippen LogP contribution in [0.15, 0.2) is 35.4 Å². The molecule has 7 heteroatoms. The monoisotopic (exact) mass is 361 g/mol. The zero-order valence-electron chi connectivity index (χ0n) is 13.3. The van der Waals surface area contributed by atoms with Gasteiger partial charge in [0.15, 0.2) is 0 Å². The second-order valence-corrected chi connectivity index (χ2v) is 6.88. The molecule has 0 saturated carbocycles. The number of nitrogens with zero attached hydrogens (tertiary/aromatic N) is 2. The molecule has 0 aliphatic carbocycles. The van der Waals surface area contributed by atoms with Crippen LogP contribution in [0.5, 0.6) is 0 Å². The smallest absolute Gasteiger partial charge is 0.266 e. The predicted octanol–water partition coefficient (Wildman–Crippen LogP) is 4.08. The van der Waals surface area contributed by atoms with Crippen molar-refractivity contribution in [2.75, 3.05) is 5.32 Å². The minimum absolute atomic E-state index is 0.0996. The number of fused-ring (bicyclic) bond motifs is 1. The van der Waals surface area contributed by atoms with Crippen molar-refractivity contribution in [2.24, 2.45) is 0 Å². The fourth-order valence-corrected chi connectivity index (χ4v) is 3.75. The summed E-state index contributed by atoms with van der Waals surface area (Å²) in [7, 11) is 0. The van der Waals surface area contributed by atoms with Gasteiger partial charge in [0.05, 0.1) is 16.6 Å². The molecule has 0 atom stereocenters. The van der Waals surface area contributed by atoms with Gasteiger partial charge in [0.1, 0.15) is 4.83 Å². The highest BCUT2D eigenvalue weighted by molar-refractivity contribution is 7.20. The van der Waals surface area contributed by atoms with E-state index in [-0.39, 0.29) is 11.5 Å². The average molecular weight is 362 g/mol. The number of amides is 1. The Kier molecular flexibility index (Phi) is 4.69. The van der Waals surface area contributed by atoms with Crippen LogP contribution < -0.4 is 10.9 Å².